The Morgan fingerprint density at radius 1 is 1.33 bits per heavy atom. The van der Waals surface area contributed by atoms with Gasteiger partial charge in [-0.25, -0.2) is 9.78 Å². The van der Waals surface area contributed by atoms with E-state index in [-0.39, 0.29) is 6.09 Å². The summed E-state index contributed by atoms with van der Waals surface area (Å²) in [5.41, 5.74) is 3.04. The van der Waals surface area contributed by atoms with E-state index in [2.05, 4.69) is 32.9 Å². The summed E-state index contributed by atoms with van der Waals surface area (Å²) in [5, 5.41) is 4.10. The third-order valence-electron chi connectivity index (χ3n) is 3.62. The summed E-state index contributed by atoms with van der Waals surface area (Å²) < 4.78 is 9.61. The van der Waals surface area contributed by atoms with E-state index in [1.807, 2.05) is 27.7 Å². The standard InChI is InChI=1S/C17H22N4O2S/c1-11-19-15(24-20-11)18-8-12-5-6-13-9-21(10-14(13)7-12)16(22)23-17(2,3)4/h5-7H,8-10H2,1-4H3,(H,18,19,20). The second-order valence-electron chi connectivity index (χ2n) is 6.94. The largest absolute Gasteiger partial charge is 0.444 e. The second kappa shape index (κ2) is 6.39. The number of nitrogens with zero attached hydrogens (tertiary/aromatic N) is 3. The number of carbonyl (C=O) groups is 1. The maximum atomic E-state index is 12.2. The molecule has 0 radical (unpaired) electrons. The van der Waals surface area contributed by atoms with Crippen LogP contribution in [0.5, 0.6) is 0 Å². The van der Waals surface area contributed by atoms with Gasteiger partial charge in [-0.05, 0) is 44.4 Å². The van der Waals surface area contributed by atoms with Gasteiger partial charge >= 0.3 is 6.09 Å². The van der Waals surface area contributed by atoms with Crippen molar-refractivity contribution in [3.05, 3.63) is 40.7 Å². The molecule has 0 atom stereocenters. The highest BCUT2D eigenvalue weighted by molar-refractivity contribution is 7.09. The van der Waals surface area contributed by atoms with Gasteiger partial charge in [0.2, 0.25) is 5.13 Å². The van der Waals surface area contributed by atoms with Crippen LogP contribution in [0.3, 0.4) is 0 Å². The highest BCUT2D eigenvalue weighted by Gasteiger charge is 2.27. The Bertz CT molecular complexity index is 751. The molecule has 24 heavy (non-hydrogen) atoms. The summed E-state index contributed by atoms with van der Waals surface area (Å²) in [7, 11) is 0. The number of fused-ring (bicyclic) bond motifs is 1. The van der Waals surface area contributed by atoms with Crippen molar-refractivity contribution in [2.75, 3.05) is 5.32 Å². The Morgan fingerprint density at radius 2 is 2.08 bits per heavy atom. The number of benzene rings is 1. The number of aryl methyl sites for hydroxylation is 1. The highest BCUT2D eigenvalue weighted by atomic mass is 32.1. The molecule has 0 saturated carbocycles. The lowest BCUT2D eigenvalue weighted by Gasteiger charge is -2.24. The summed E-state index contributed by atoms with van der Waals surface area (Å²) in [5.74, 6) is 0.782. The minimum absolute atomic E-state index is 0.261. The highest BCUT2D eigenvalue weighted by Crippen LogP contribution is 2.26. The molecule has 0 saturated heterocycles. The van der Waals surface area contributed by atoms with E-state index in [9.17, 15) is 4.79 Å². The molecule has 1 aliphatic heterocycles. The Balaban J connectivity index is 1.62. The monoisotopic (exact) mass is 346 g/mol. The van der Waals surface area contributed by atoms with Crippen molar-refractivity contribution >= 4 is 22.8 Å². The molecular formula is C17H22N4O2S. The van der Waals surface area contributed by atoms with E-state index in [1.54, 1.807) is 4.90 Å². The molecule has 6 nitrogen and oxygen atoms in total. The number of hydrogen-bond acceptors (Lipinski definition) is 6. The van der Waals surface area contributed by atoms with Crippen molar-refractivity contribution in [3.63, 3.8) is 0 Å². The maximum absolute atomic E-state index is 12.2. The van der Waals surface area contributed by atoms with Gasteiger partial charge in [0, 0.05) is 31.2 Å². The number of hydrogen-bond donors (Lipinski definition) is 1. The van der Waals surface area contributed by atoms with Crippen LogP contribution in [-0.2, 0) is 24.4 Å². The first-order valence-corrected chi connectivity index (χ1v) is 8.70. The third kappa shape index (κ3) is 4.03. The number of ether oxygens (including phenoxy) is 1. The van der Waals surface area contributed by atoms with Crippen LogP contribution >= 0.6 is 11.5 Å². The number of rotatable bonds is 3. The van der Waals surface area contributed by atoms with Crippen LogP contribution in [-0.4, -0.2) is 26.0 Å². The Labute approximate surface area is 146 Å². The van der Waals surface area contributed by atoms with Crippen molar-refractivity contribution in [1.82, 2.24) is 14.3 Å². The predicted molar refractivity (Wildman–Crippen MR) is 93.9 cm³/mol. The molecule has 2 aromatic rings. The van der Waals surface area contributed by atoms with Crippen molar-refractivity contribution in [3.8, 4) is 0 Å². The van der Waals surface area contributed by atoms with E-state index in [4.69, 9.17) is 4.74 Å². The van der Waals surface area contributed by atoms with Crippen LogP contribution in [0.1, 0.15) is 43.3 Å². The first-order chi connectivity index (χ1) is 11.3. The molecule has 1 amide bonds. The van der Waals surface area contributed by atoms with Gasteiger partial charge in [-0.2, -0.15) is 4.37 Å². The average molecular weight is 346 g/mol. The smallest absolute Gasteiger partial charge is 0.410 e. The summed E-state index contributed by atoms with van der Waals surface area (Å²) in [6, 6.07) is 6.31. The van der Waals surface area contributed by atoms with E-state index in [0.717, 1.165) is 16.5 Å². The van der Waals surface area contributed by atoms with Crippen LogP contribution in [0.15, 0.2) is 18.2 Å². The fourth-order valence-corrected chi connectivity index (χ4v) is 3.13. The number of anilines is 1. The second-order valence-corrected chi connectivity index (χ2v) is 7.69. The fourth-order valence-electron chi connectivity index (χ4n) is 2.56. The third-order valence-corrected chi connectivity index (χ3v) is 4.38. The Kier molecular flexibility index (Phi) is 4.45. The van der Waals surface area contributed by atoms with E-state index < -0.39 is 5.60 Å². The summed E-state index contributed by atoms with van der Waals surface area (Å²) in [4.78, 5) is 18.2. The number of amides is 1. The fraction of sp³-hybridized carbons (Fsp3) is 0.471. The van der Waals surface area contributed by atoms with E-state index in [1.165, 1.54) is 22.7 Å². The Hall–Kier alpha value is -2.15. The van der Waals surface area contributed by atoms with Crippen molar-refractivity contribution < 1.29 is 9.53 Å². The van der Waals surface area contributed by atoms with Crippen molar-refractivity contribution in [1.29, 1.82) is 0 Å². The van der Waals surface area contributed by atoms with Gasteiger partial charge in [-0.1, -0.05) is 18.2 Å². The quantitative estimate of drug-likeness (QED) is 0.917. The lowest BCUT2D eigenvalue weighted by Crippen LogP contribution is -2.33. The van der Waals surface area contributed by atoms with E-state index >= 15 is 0 Å². The van der Waals surface area contributed by atoms with Crippen LogP contribution in [0.25, 0.3) is 0 Å². The first kappa shape index (κ1) is 16.7. The average Bonchev–Trinajstić information content (AvgIpc) is 3.08. The minimum atomic E-state index is -0.471. The molecule has 1 aliphatic rings. The summed E-state index contributed by atoms with van der Waals surface area (Å²) in [6.45, 7) is 9.41. The molecule has 3 rings (SSSR count). The van der Waals surface area contributed by atoms with Crippen molar-refractivity contribution in [2.24, 2.45) is 0 Å². The van der Waals surface area contributed by atoms with Gasteiger partial charge in [-0.15, -0.1) is 0 Å². The van der Waals surface area contributed by atoms with Crippen LogP contribution in [0, 0.1) is 6.92 Å². The molecule has 128 valence electrons. The number of carbonyl (C=O) groups excluding carboxylic acids is 1. The lowest BCUT2D eigenvalue weighted by molar-refractivity contribution is 0.0242. The van der Waals surface area contributed by atoms with Gasteiger partial charge < -0.3 is 10.1 Å². The first-order valence-electron chi connectivity index (χ1n) is 7.93. The lowest BCUT2D eigenvalue weighted by atomic mass is 10.1. The molecule has 0 unspecified atom stereocenters. The zero-order valence-electron chi connectivity index (χ0n) is 14.4. The van der Waals surface area contributed by atoms with E-state index in [0.29, 0.717) is 19.6 Å². The summed E-state index contributed by atoms with van der Waals surface area (Å²) in [6.07, 6.45) is -0.261. The SMILES string of the molecule is Cc1nsc(NCc2ccc3c(c2)CN(C(=O)OC(C)(C)C)C3)n1. The molecule has 2 heterocycles. The molecular weight excluding hydrogens is 324 g/mol. The number of nitrogens with one attached hydrogen (secondary N) is 1. The Morgan fingerprint density at radius 3 is 2.75 bits per heavy atom. The normalized spacial score (nSPS) is 13.8. The van der Waals surface area contributed by atoms with Gasteiger partial charge in [0.15, 0.2) is 0 Å². The molecule has 0 bridgehead atoms. The molecule has 0 aliphatic carbocycles. The maximum Gasteiger partial charge on any atom is 0.410 e. The topological polar surface area (TPSA) is 67.4 Å². The molecule has 1 aromatic heterocycles. The van der Waals surface area contributed by atoms with Gasteiger partial charge in [0.1, 0.15) is 11.4 Å². The molecule has 1 aromatic carbocycles. The zero-order chi connectivity index (χ0) is 17.3. The molecule has 0 spiro atoms. The molecule has 0 fully saturated rings. The zero-order valence-corrected chi connectivity index (χ0v) is 15.2. The molecule has 1 N–H and O–H groups in total. The van der Waals surface area contributed by atoms with Crippen molar-refractivity contribution in [2.45, 2.75) is 52.9 Å². The predicted octanol–water partition coefficient (Wildman–Crippen LogP) is 3.71. The van der Waals surface area contributed by atoms with Crippen LogP contribution in [0.2, 0.25) is 0 Å². The minimum Gasteiger partial charge on any atom is -0.444 e. The van der Waals surface area contributed by atoms with Crippen LogP contribution < -0.4 is 5.32 Å². The van der Waals surface area contributed by atoms with Crippen LogP contribution in [0.4, 0.5) is 9.93 Å². The molecule has 7 heteroatoms. The van der Waals surface area contributed by atoms with Gasteiger partial charge in [0.25, 0.3) is 0 Å². The van der Waals surface area contributed by atoms with Gasteiger partial charge in [-0.3, -0.25) is 4.90 Å². The summed E-state index contributed by atoms with van der Waals surface area (Å²) >= 11 is 1.36. The van der Waals surface area contributed by atoms with Gasteiger partial charge in [0.05, 0.1) is 0 Å². The number of aromatic nitrogens is 2.